The van der Waals surface area contributed by atoms with Crippen LogP contribution in [0.4, 0.5) is 26.3 Å². The van der Waals surface area contributed by atoms with E-state index >= 15 is 0 Å². The Morgan fingerprint density at radius 3 is 2.00 bits per heavy atom. The van der Waals surface area contributed by atoms with Gasteiger partial charge in [0.1, 0.15) is 0 Å². The van der Waals surface area contributed by atoms with E-state index in [0.717, 1.165) is 12.2 Å². The largest absolute Gasteiger partial charge is 0.456 e. The molecule has 2 N–H and O–H groups in total. The molecule has 1 aliphatic rings. The minimum atomic E-state index is -6.10. The van der Waals surface area contributed by atoms with Crippen LogP contribution in [0, 0.1) is 5.92 Å². The van der Waals surface area contributed by atoms with Gasteiger partial charge >= 0.3 is 12.1 Å². The van der Waals surface area contributed by atoms with Crippen molar-refractivity contribution in [1.29, 1.82) is 0 Å². The highest BCUT2D eigenvalue weighted by atomic mass is 19.4. The summed E-state index contributed by atoms with van der Waals surface area (Å²) in [6, 6.07) is 0. The molecule has 0 aliphatic heterocycles. The molecule has 0 saturated heterocycles. The average Bonchev–Trinajstić information content (AvgIpc) is 2.14. The van der Waals surface area contributed by atoms with E-state index in [0.29, 0.717) is 12.2 Å². The van der Waals surface area contributed by atoms with Gasteiger partial charge in [0.05, 0.1) is 5.92 Å². The van der Waals surface area contributed by atoms with Gasteiger partial charge in [-0.3, -0.25) is 0 Å². The summed E-state index contributed by atoms with van der Waals surface area (Å²) in [6.45, 7) is 0. The molecular weight excluding hydrogens is 254 g/mol. The van der Waals surface area contributed by atoms with Crippen LogP contribution in [0.5, 0.6) is 0 Å². The number of alkyl halides is 6. The summed E-state index contributed by atoms with van der Waals surface area (Å²) in [5.41, 5.74) is 0. The van der Waals surface area contributed by atoms with Crippen molar-refractivity contribution in [2.24, 2.45) is 5.92 Å². The lowest BCUT2D eigenvalue weighted by Gasteiger charge is -2.34. The van der Waals surface area contributed by atoms with Gasteiger partial charge in [0.2, 0.25) is 0 Å². The average molecular weight is 262 g/mol. The predicted octanol–water partition coefficient (Wildman–Crippen LogP) is 1.95. The van der Waals surface area contributed by atoms with Crippen LogP contribution in [0.1, 0.15) is 0 Å². The molecular formula is C9H8F6O2. The van der Waals surface area contributed by atoms with Gasteiger partial charge in [0.25, 0.3) is 0 Å². The van der Waals surface area contributed by atoms with Crippen LogP contribution < -0.4 is 0 Å². The second kappa shape index (κ2) is 4.02. The first-order valence-corrected chi connectivity index (χ1v) is 4.39. The molecule has 1 rings (SSSR count). The monoisotopic (exact) mass is 262 g/mol. The Morgan fingerprint density at radius 2 is 1.59 bits per heavy atom. The van der Waals surface area contributed by atoms with Crippen LogP contribution in [0.15, 0.2) is 24.3 Å². The maximum absolute atomic E-state index is 13.2. The highest BCUT2D eigenvalue weighted by Crippen LogP contribution is 2.44. The summed E-state index contributed by atoms with van der Waals surface area (Å²) in [5, 5.41) is 18.2. The third-order valence-corrected chi connectivity index (χ3v) is 2.30. The Balaban J connectivity index is 3.02. The number of aliphatic hydroxyl groups is 2. The van der Waals surface area contributed by atoms with Gasteiger partial charge in [-0.2, -0.15) is 22.0 Å². The van der Waals surface area contributed by atoms with Crippen LogP contribution in [0.2, 0.25) is 0 Å². The Hall–Kier alpha value is -1.02. The van der Waals surface area contributed by atoms with Gasteiger partial charge < -0.3 is 10.2 Å². The van der Waals surface area contributed by atoms with Crippen molar-refractivity contribution in [3.05, 3.63) is 24.3 Å². The first-order chi connectivity index (χ1) is 7.50. The number of hydrogen-bond donors (Lipinski definition) is 2. The molecule has 1 aliphatic carbocycles. The fraction of sp³-hybridized carbons (Fsp3) is 0.556. The SMILES string of the molecule is OC1(O)C=CC=CC1C(F)C(F)(F)C(F)(F)F. The van der Waals surface area contributed by atoms with E-state index in [4.69, 9.17) is 10.2 Å². The molecule has 2 atom stereocenters. The Labute approximate surface area is 91.9 Å². The molecule has 2 nitrogen and oxygen atoms in total. The topological polar surface area (TPSA) is 40.5 Å². The first-order valence-electron chi connectivity index (χ1n) is 4.39. The third-order valence-electron chi connectivity index (χ3n) is 2.30. The van der Waals surface area contributed by atoms with E-state index in [9.17, 15) is 26.3 Å². The zero-order valence-electron chi connectivity index (χ0n) is 8.13. The van der Waals surface area contributed by atoms with Gasteiger partial charge in [-0.1, -0.05) is 18.2 Å². The van der Waals surface area contributed by atoms with E-state index in [2.05, 4.69) is 0 Å². The van der Waals surface area contributed by atoms with Crippen molar-refractivity contribution in [3.8, 4) is 0 Å². The van der Waals surface area contributed by atoms with Crippen molar-refractivity contribution < 1.29 is 36.6 Å². The lowest BCUT2D eigenvalue weighted by Crippen LogP contribution is -2.53. The number of hydrogen-bond acceptors (Lipinski definition) is 2. The molecule has 0 aromatic carbocycles. The summed E-state index contributed by atoms with van der Waals surface area (Å²) in [7, 11) is 0. The second-order valence-corrected chi connectivity index (χ2v) is 3.58. The summed E-state index contributed by atoms with van der Waals surface area (Å²) < 4.78 is 74.2. The number of allylic oxidation sites excluding steroid dienone is 2. The smallest absolute Gasteiger partial charge is 0.362 e. The Kier molecular flexibility index (Phi) is 3.32. The van der Waals surface area contributed by atoms with Crippen LogP contribution in [-0.2, 0) is 0 Å². The molecule has 0 amide bonds. The second-order valence-electron chi connectivity index (χ2n) is 3.58. The van der Waals surface area contributed by atoms with Crippen molar-refractivity contribution >= 4 is 0 Å². The lowest BCUT2D eigenvalue weighted by atomic mass is 9.86. The fourth-order valence-corrected chi connectivity index (χ4v) is 1.33. The maximum Gasteiger partial charge on any atom is 0.456 e. The molecule has 8 heteroatoms. The zero-order chi connectivity index (χ0) is 13.5. The highest BCUT2D eigenvalue weighted by molar-refractivity contribution is 5.20. The molecule has 0 saturated carbocycles. The molecule has 0 bridgehead atoms. The van der Waals surface area contributed by atoms with E-state index in [1.54, 1.807) is 0 Å². The van der Waals surface area contributed by atoms with Crippen LogP contribution >= 0.6 is 0 Å². The highest BCUT2D eigenvalue weighted by Gasteiger charge is 2.66. The molecule has 0 aromatic rings. The van der Waals surface area contributed by atoms with Crippen molar-refractivity contribution in [2.75, 3.05) is 0 Å². The molecule has 0 aromatic heterocycles. The van der Waals surface area contributed by atoms with Crippen LogP contribution in [0.25, 0.3) is 0 Å². The molecule has 0 radical (unpaired) electrons. The summed E-state index contributed by atoms with van der Waals surface area (Å²) in [6.07, 6.45) is -6.87. The lowest BCUT2D eigenvalue weighted by molar-refractivity contribution is -0.318. The minimum Gasteiger partial charge on any atom is -0.362 e. The van der Waals surface area contributed by atoms with E-state index in [-0.39, 0.29) is 0 Å². The van der Waals surface area contributed by atoms with Gasteiger partial charge in [0.15, 0.2) is 12.0 Å². The summed E-state index contributed by atoms with van der Waals surface area (Å²) >= 11 is 0. The van der Waals surface area contributed by atoms with Crippen LogP contribution in [0.3, 0.4) is 0 Å². The van der Waals surface area contributed by atoms with Gasteiger partial charge in [-0.15, -0.1) is 0 Å². The predicted molar refractivity (Wildman–Crippen MR) is 44.8 cm³/mol. The molecule has 0 fully saturated rings. The van der Waals surface area contributed by atoms with Crippen molar-refractivity contribution in [3.63, 3.8) is 0 Å². The summed E-state index contributed by atoms with van der Waals surface area (Å²) in [5.74, 6) is -11.1. The maximum atomic E-state index is 13.2. The van der Waals surface area contributed by atoms with Crippen molar-refractivity contribution in [2.45, 2.75) is 24.1 Å². The Bertz CT molecular complexity index is 344. The standard InChI is InChI=1S/C9H8F6O2/c10-6(8(11,12)9(13,14)15)5-3-1-2-4-7(5,16)17/h1-6,16-17H. The molecule has 17 heavy (non-hydrogen) atoms. The van der Waals surface area contributed by atoms with E-state index in [1.165, 1.54) is 0 Å². The van der Waals surface area contributed by atoms with Gasteiger partial charge in [-0.05, 0) is 6.08 Å². The van der Waals surface area contributed by atoms with Crippen LogP contribution in [-0.4, -0.2) is 34.3 Å². The third kappa shape index (κ3) is 2.47. The van der Waals surface area contributed by atoms with Crippen molar-refractivity contribution in [1.82, 2.24) is 0 Å². The number of rotatable bonds is 2. The number of halogens is 6. The fourth-order valence-electron chi connectivity index (χ4n) is 1.33. The van der Waals surface area contributed by atoms with E-state index in [1.807, 2.05) is 0 Å². The quantitative estimate of drug-likeness (QED) is 0.590. The molecule has 0 spiro atoms. The Morgan fingerprint density at radius 1 is 1.06 bits per heavy atom. The zero-order valence-corrected chi connectivity index (χ0v) is 8.13. The van der Waals surface area contributed by atoms with Gasteiger partial charge in [0, 0.05) is 0 Å². The van der Waals surface area contributed by atoms with Gasteiger partial charge in [-0.25, -0.2) is 4.39 Å². The minimum absolute atomic E-state index is 0.525. The first kappa shape index (κ1) is 14.0. The summed E-state index contributed by atoms with van der Waals surface area (Å²) in [4.78, 5) is 0. The van der Waals surface area contributed by atoms with E-state index < -0.39 is 30.0 Å². The normalized spacial score (nSPS) is 26.0. The molecule has 2 unspecified atom stereocenters. The molecule has 98 valence electrons. The molecule has 0 heterocycles.